The molecule has 0 aliphatic carbocycles. The minimum absolute atomic E-state index is 0.248. The van der Waals surface area contributed by atoms with Crippen molar-refractivity contribution in [2.24, 2.45) is 0 Å². The minimum atomic E-state index is -0.696. The Bertz CT molecular complexity index is 1490. The van der Waals surface area contributed by atoms with Crippen LogP contribution in [0.15, 0.2) is 61.1 Å². The van der Waals surface area contributed by atoms with Gasteiger partial charge in [-0.05, 0) is 88.7 Å². The third-order valence-electron chi connectivity index (χ3n) is 5.47. The van der Waals surface area contributed by atoms with Crippen LogP contribution in [-0.2, 0) is 0 Å². The molecule has 0 saturated carbocycles. The topological polar surface area (TPSA) is 101 Å². The fourth-order valence-electron chi connectivity index (χ4n) is 3.60. The molecule has 0 spiro atoms. The first-order valence-corrected chi connectivity index (χ1v) is 12.0. The van der Waals surface area contributed by atoms with E-state index < -0.39 is 5.54 Å². The average Bonchev–Trinajstić information content (AvgIpc) is 2.86. The minimum Gasteiger partial charge on any atom is -0.455 e. The van der Waals surface area contributed by atoms with Crippen molar-refractivity contribution in [2.45, 2.75) is 40.2 Å². The largest absolute Gasteiger partial charge is 0.455 e. The summed E-state index contributed by atoms with van der Waals surface area (Å²) < 4.78 is 5.99. The van der Waals surface area contributed by atoms with Gasteiger partial charge in [0.15, 0.2) is 0 Å². The van der Waals surface area contributed by atoms with E-state index in [0.717, 1.165) is 39.2 Å². The van der Waals surface area contributed by atoms with Crippen molar-refractivity contribution >= 4 is 28.4 Å². The number of carbonyl (C=O) groups excluding carboxylic acids is 1. The van der Waals surface area contributed by atoms with Gasteiger partial charge in [0.1, 0.15) is 23.6 Å². The Kier molecular flexibility index (Phi) is 7.54. The average molecular weight is 495 g/mol. The number of aryl methyl sites for hydroxylation is 2. The van der Waals surface area contributed by atoms with Crippen molar-refractivity contribution in [1.29, 1.82) is 0 Å². The van der Waals surface area contributed by atoms with Gasteiger partial charge in [-0.15, -0.1) is 0 Å². The van der Waals surface area contributed by atoms with Crippen molar-refractivity contribution in [3.63, 3.8) is 0 Å². The number of benzene rings is 2. The SMILES string of the molecule is CCNC(=O)NC(C)(C)C#Cc1ccc2ncnc(Nc3ccc(Oc4ccc(C)nc4)c(C)c3)c2c1. The number of anilines is 2. The van der Waals surface area contributed by atoms with E-state index in [0.29, 0.717) is 18.1 Å². The number of fused-ring (bicyclic) bond motifs is 1. The molecule has 0 saturated heterocycles. The van der Waals surface area contributed by atoms with E-state index in [9.17, 15) is 4.79 Å². The van der Waals surface area contributed by atoms with Gasteiger partial charge in [0, 0.05) is 28.9 Å². The van der Waals surface area contributed by atoms with Crippen LogP contribution in [-0.4, -0.2) is 33.1 Å². The Labute approximate surface area is 216 Å². The molecule has 0 fully saturated rings. The number of urea groups is 1. The Morgan fingerprint density at radius 3 is 2.59 bits per heavy atom. The van der Waals surface area contributed by atoms with E-state index >= 15 is 0 Å². The molecule has 0 atom stereocenters. The zero-order valence-electron chi connectivity index (χ0n) is 21.6. The van der Waals surface area contributed by atoms with E-state index in [2.05, 4.69) is 42.7 Å². The van der Waals surface area contributed by atoms with Crippen molar-refractivity contribution in [2.75, 3.05) is 11.9 Å². The Morgan fingerprint density at radius 1 is 1.03 bits per heavy atom. The van der Waals surface area contributed by atoms with E-state index in [1.165, 1.54) is 6.33 Å². The van der Waals surface area contributed by atoms with Crippen LogP contribution < -0.4 is 20.7 Å². The van der Waals surface area contributed by atoms with Crippen molar-refractivity contribution in [3.05, 3.63) is 77.9 Å². The maximum Gasteiger partial charge on any atom is 0.315 e. The summed E-state index contributed by atoms with van der Waals surface area (Å²) >= 11 is 0. The smallest absolute Gasteiger partial charge is 0.315 e. The molecule has 0 bridgehead atoms. The fourth-order valence-corrected chi connectivity index (χ4v) is 3.60. The molecule has 2 heterocycles. The molecule has 0 aliphatic heterocycles. The second kappa shape index (κ2) is 11.0. The molecule has 2 amide bonds. The fraction of sp³-hybridized carbons (Fsp3) is 0.241. The van der Waals surface area contributed by atoms with Gasteiger partial charge >= 0.3 is 6.03 Å². The summed E-state index contributed by atoms with van der Waals surface area (Å²) in [4.78, 5) is 25.0. The molecule has 8 nitrogen and oxygen atoms in total. The van der Waals surface area contributed by atoms with Crippen LogP contribution in [0.5, 0.6) is 11.5 Å². The molecular weight excluding hydrogens is 464 g/mol. The standard InChI is InChI=1S/C29H30N6O2/c1-6-30-28(36)35-29(4,5)14-13-21-8-11-25-24(16-21)27(33-18-32-25)34-22-9-12-26(19(2)15-22)37-23-10-7-20(3)31-17-23/h7-12,15-18H,6H2,1-5H3,(H2,30,35,36)(H,32,33,34). The molecule has 3 N–H and O–H groups in total. The number of hydrogen-bond acceptors (Lipinski definition) is 6. The van der Waals surface area contributed by atoms with Gasteiger partial charge in [-0.3, -0.25) is 4.98 Å². The summed E-state index contributed by atoms with van der Waals surface area (Å²) in [5.41, 5.74) is 3.68. The first-order chi connectivity index (χ1) is 17.7. The molecule has 4 aromatic rings. The summed E-state index contributed by atoms with van der Waals surface area (Å²) in [7, 11) is 0. The van der Waals surface area contributed by atoms with E-state index in [1.54, 1.807) is 6.20 Å². The summed E-state index contributed by atoms with van der Waals surface area (Å²) in [6, 6.07) is 15.2. The van der Waals surface area contributed by atoms with Gasteiger partial charge in [0.25, 0.3) is 0 Å². The predicted octanol–water partition coefficient (Wildman–Crippen LogP) is 5.63. The number of aromatic nitrogens is 3. The predicted molar refractivity (Wildman–Crippen MR) is 146 cm³/mol. The first kappa shape index (κ1) is 25.5. The van der Waals surface area contributed by atoms with Crippen LogP contribution in [0.1, 0.15) is 37.6 Å². The lowest BCUT2D eigenvalue weighted by molar-refractivity contribution is 0.236. The molecule has 2 aromatic carbocycles. The molecule has 2 aromatic heterocycles. The van der Waals surface area contributed by atoms with Gasteiger partial charge < -0.3 is 20.7 Å². The van der Waals surface area contributed by atoms with E-state index in [-0.39, 0.29) is 6.03 Å². The molecule has 0 unspecified atom stereocenters. The van der Waals surface area contributed by atoms with Gasteiger partial charge in [0.05, 0.1) is 17.3 Å². The number of carbonyl (C=O) groups is 1. The lowest BCUT2D eigenvalue weighted by atomic mass is 10.1. The molecular formula is C29H30N6O2. The second-order valence-corrected chi connectivity index (χ2v) is 9.16. The zero-order chi connectivity index (χ0) is 26.4. The van der Waals surface area contributed by atoms with Crippen molar-refractivity contribution in [1.82, 2.24) is 25.6 Å². The summed E-state index contributed by atoms with van der Waals surface area (Å²) in [5.74, 6) is 8.41. The van der Waals surface area contributed by atoms with Gasteiger partial charge in [0.2, 0.25) is 0 Å². The van der Waals surface area contributed by atoms with Crippen molar-refractivity contribution in [3.8, 4) is 23.3 Å². The number of pyridine rings is 1. The first-order valence-electron chi connectivity index (χ1n) is 12.0. The summed E-state index contributed by atoms with van der Waals surface area (Å²) in [6.45, 7) is 10.1. The normalized spacial score (nSPS) is 10.8. The highest BCUT2D eigenvalue weighted by atomic mass is 16.5. The number of nitrogens with one attached hydrogen (secondary N) is 3. The molecule has 37 heavy (non-hydrogen) atoms. The van der Waals surface area contributed by atoms with Crippen LogP contribution in [0, 0.1) is 25.7 Å². The zero-order valence-corrected chi connectivity index (χ0v) is 21.6. The van der Waals surface area contributed by atoms with Gasteiger partial charge in [-0.2, -0.15) is 0 Å². The van der Waals surface area contributed by atoms with Crippen LogP contribution in [0.4, 0.5) is 16.3 Å². The van der Waals surface area contributed by atoms with Crippen LogP contribution in [0.3, 0.4) is 0 Å². The van der Waals surface area contributed by atoms with Crippen LogP contribution in [0.25, 0.3) is 10.9 Å². The Hall–Kier alpha value is -4.64. The Balaban J connectivity index is 1.55. The highest BCUT2D eigenvalue weighted by Crippen LogP contribution is 2.30. The maximum atomic E-state index is 11.9. The summed E-state index contributed by atoms with van der Waals surface area (Å²) in [5, 5.41) is 9.82. The number of hydrogen-bond donors (Lipinski definition) is 3. The third-order valence-corrected chi connectivity index (χ3v) is 5.47. The van der Waals surface area contributed by atoms with Crippen LogP contribution in [0.2, 0.25) is 0 Å². The number of ether oxygens (including phenoxy) is 1. The molecule has 0 aliphatic rings. The Morgan fingerprint density at radius 2 is 1.86 bits per heavy atom. The highest BCUT2D eigenvalue weighted by molar-refractivity contribution is 5.91. The van der Waals surface area contributed by atoms with Crippen LogP contribution >= 0.6 is 0 Å². The highest BCUT2D eigenvalue weighted by Gasteiger charge is 2.16. The van der Waals surface area contributed by atoms with Gasteiger partial charge in [-0.1, -0.05) is 11.8 Å². The lowest BCUT2D eigenvalue weighted by Gasteiger charge is -2.19. The summed E-state index contributed by atoms with van der Waals surface area (Å²) in [6.07, 6.45) is 3.25. The molecule has 188 valence electrons. The lowest BCUT2D eigenvalue weighted by Crippen LogP contribution is -2.47. The van der Waals surface area contributed by atoms with E-state index in [1.807, 2.05) is 83.1 Å². The number of nitrogens with zero attached hydrogens (tertiary/aromatic N) is 3. The number of amides is 2. The van der Waals surface area contributed by atoms with Gasteiger partial charge in [-0.25, -0.2) is 14.8 Å². The van der Waals surface area contributed by atoms with E-state index in [4.69, 9.17) is 4.74 Å². The molecule has 8 heteroatoms. The second-order valence-electron chi connectivity index (χ2n) is 9.16. The van der Waals surface area contributed by atoms with Crippen molar-refractivity contribution < 1.29 is 9.53 Å². The maximum absolute atomic E-state index is 11.9. The molecule has 0 radical (unpaired) electrons. The third kappa shape index (κ3) is 6.73. The number of rotatable bonds is 6. The molecule has 4 rings (SSSR count). The quantitative estimate of drug-likeness (QED) is 0.301. The monoisotopic (exact) mass is 494 g/mol.